The lowest BCUT2D eigenvalue weighted by Gasteiger charge is -2.11. The smallest absolute Gasteiger partial charge is 0.438 e. The molecular weight excluding hydrogens is 292 g/mol. The summed E-state index contributed by atoms with van der Waals surface area (Å²) in [4.78, 5) is 24.6. The number of aryl methyl sites for hydroxylation is 1. The van der Waals surface area contributed by atoms with E-state index >= 15 is 0 Å². The summed E-state index contributed by atoms with van der Waals surface area (Å²) in [5, 5.41) is 5.48. The second-order valence-electron chi connectivity index (χ2n) is 5.13. The lowest BCUT2D eigenvalue weighted by atomic mass is 10.0. The quantitative estimate of drug-likeness (QED) is 0.728. The van der Waals surface area contributed by atoms with Crippen LogP contribution in [0.15, 0.2) is 53.3 Å². The Morgan fingerprint density at radius 3 is 2.57 bits per heavy atom. The first kappa shape index (κ1) is 15.0. The van der Waals surface area contributed by atoms with Crippen molar-refractivity contribution in [3.05, 3.63) is 64.4 Å². The van der Waals surface area contributed by atoms with Crippen molar-refractivity contribution in [2.75, 3.05) is 6.61 Å². The molecule has 0 N–H and O–H groups in total. The average molecular weight is 308 g/mol. The lowest BCUT2D eigenvalue weighted by molar-refractivity contribution is 0.149. The number of rotatable bonds is 2. The molecule has 1 aromatic heterocycles. The highest BCUT2D eigenvalue weighted by Crippen LogP contribution is 2.27. The van der Waals surface area contributed by atoms with Crippen LogP contribution in [0.25, 0.3) is 22.0 Å². The Morgan fingerprint density at radius 2 is 1.87 bits per heavy atom. The number of nitrogens with zero attached hydrogens (tertiary/aromatic N) is 2. The molecule has 0 bridgehead atoms. The average Bonchev–Trinajstić information content (AvgIpc) is 2.57. The van der Waals surface area contributed by atoms with Gasteiger partial charge in [-0.15, -0.1) is 4.68 Å². The highest BCUT2D eigenvalue weighted by Gasteiger charge is 2.18. The van der Waals surface area contributed by atoms with Gasteiger partial charge in [-0.25, -0.2) is 4.79 Å². The molecule has 3 aromatic rings. The number of fused-ring (bicyclic) bond motifs is 1. The molecule has 116 valence electrons. The van der Waals surface area contributed by atoms with E-state index in [2.05, 4.69) is 5.10 Å². The highest BCUT2D eigenvalue weighted by atomic mass is 16.6. The van der Waals surface area contributed by atoms with Crippen LogP contribution < -0.4 is 5.56 Å². The SMILES string of the molecule is CCOC(=O)n1nc(-c2ccccc2)c2c(C)cccc2c1=O. The van der Waals surface area contributed by atoms with E-state index in [1.807, 2.05) is 43.3 Å². The summed E-state index contributed by atoms with van der Waals surface area (Å²) >= 11 is 0. The van der Waals surface area contributed by atoms with Gasteiger partial charge in [0.15, 0.2) is 0 Å². The van der Waals surface area contributed by atoms with Gasteiger partial charge in [-0.2, -0.15) is 5.10 Å². The van der Waals surface area contributed by atoms with Crippen molar-refractivity contribution in [2.24, 2.45) is 0 Å². The number of hydrogen-bond donors (Lipinski definition) is 0. The zero-order valence-electron chi connectivity index (χ0n) is 12.9. The third kappa shape index (κ3) is 2.61. The van der Waals surface area contributed by atoms with Gasteiger partial charge in [0.25, 0.3) is 5.56 Å². The summed E-state index contributed by atoms with van der Waals surface area (Å²) in [7, 11) is 0. The summed E-state index contributed by atoms with van der Waals surface area (Å²) in [5.74, 6) is 0. The van der Waals surface area contributed by atoms with Crippen molar-refractivity contribution in [3.8, 4) is 11.3 Å². The molecule has 0 saturated heterocycles. The van der Waals surface area contributed by atoms with Gasteiger partial charge in [0.1, 0.15) is 0 Å². The van der Waals surface area contributed by atoms with E-state index in [4.69, 9.17) is 4.74 Å². The summed E-state index contributed by atoms with van der Waals surface area (Å²) in [6.07, 6.45) is -0.766. The zero-order valence-corrected chi connectivity index (χ0v) is 12.9. The molecule has 0 radical (unpaired) electrons. The molecule has 0 aliphatic rings. The standard InChI is InChI=1S/C18H16N2O3/c1-3-23-18(22)20-17(21)14-11-7-8-12(2)15(14)16(19-20)13-9-5-4-6-10-13/h4-11H,3H2,1-2H3. The molecule has 5 heteroatoms. The summed E-state index contributed by atoms with van der Waals surface area (Å²) in [6, 6.07) is 14.9. The maximum Gasteiger partial charge on any atom is 0.438 e. The van der Waals surface area contributed by atoms with Gasteiger partial charge in [0.2, 0.25) is 0 Å². The van der Waals surface area contributed by atoms with Crippen molar-refractivity contribution in [1.82, 2.24) is 9.78 Å². The van der Waals surface area contributed by atoms with Gasteiger partial charge in [-0.3, -0.25) is 4.79 Å². The van der Waals surface area contributed by atoms with E-state index in [9.17, 15) is 9.59 Å². The Balaban J connectivity index is 2.40. The van der Waals surface area contributed by atoms with Crippen LogP contribution in [0.3, 0.4) is 0 Å². The molecule has 0 unspecified atom stereocenters. The number of carbonyl (C=O) groups is 1. The Hall–Kier alpha value is -2.95. The van der Waals surface area contributed by atoms with Gasteiger partial charge in [0, 0.05) is 10.9 Å². The van der Waals surface area contributed by atoms with Crippen molar-refractivity contribution in [1.29, 1.82) is 0 Å². The number of carbonyl (C=O) groups excluding carboxylic acids is 1. The van der Waals surface area contributed by atoms with Crippen LogP contribution >= 0.6 is 0 Å². The zero-order chi connectivity index (χ0) is 16.4. The van der Waals surface area contributed by atoms with Crippen LogP contribution in [0.5, 0.6) is 0 Å². The monoisotopic (exact) mass is 308 g/mol. The van der Waals surface area contributed by atoms with E-state index in [0.717, 1.165) is 21.2 Å². The number of hydrogen-bond acceptors (Lipinski definition) is 4. The fraction of sp³-hybridized carbons (Fsp3) is 0.167. The van der Waals surface area contributed by atoms with Gasteiger partial charge < -0.3 is 4.74 Å². The van der Waals surface area contributed by atoms with E-state index < -0.39 is 11.7 Å². The molecule has 23 heavy (non-hydrogen) atoms. The molecule has 1 heterocycles. The summed E-state index contributed by atoms with van der Waals surface area (Å²) in [5.41, 5.74) is 1.89. The summed E-state index contributed by atoms with van der Waals surface area (Å²) in [6.45, 7) is 3.79. The van der Waals surface area contributed by atoms with Gasteiger partial charge >= 0.3 is 6.09 Å². The van der Waals surface area contributed by atoms with Gasteiger partial charge in [0.05, 0.1) is 17.7 Å². The predicted molar refractivity (Wildman–Crippen MR) is 88.6 cm³/mol. The Kier molecular flexibility index (Phi) is 3.93. The predicted octanol–water partition coefficient (Wildman–Crippen LogP) is 3.38. The highest BCUT2D eigenvalue weighted by molar-refractivity contribution is 5.97. The maximum absolute atomic E-state index is 12.6. The van der Waals surface area contributed by atoms with Crippen LogP contribution in [0, 0.1) is 6.92 Å². The van der Waals surface area contributed by atoms with Crippen molar-refractivity contribution in [2.45, 2.75) is 13.8 Å². The molecule has 2 aromatic carbocycles. The van der Waals surface area contributed by atoms with Crippen molar-refractivity contribution < 1.29 is 9.53 Å². The summed E-state index contributed by atoms with van der Waals surface area (Å²) < 4.78 is 5.74. The minimum absolute atomic E-state index is 0.180. The second-order valence-corrected chi connectivity index (χ2v) is 5.13. The fourth-order valence-corrected chi connectivity index (χ4v) is 2.58. The second kappa shape index (κ2) is 6.04. The largest absolute Gasteiger partial charge is 0.448 e. The first-order valence-electron chi connectivity index (χ1n) is 7.38. The Bertz CT molecular complexity index is 930. The first-order chi connectivity index (χ1) is 11.1. The minimum Gasteiger partial charge on any atom is -0.448 e. The van der Waals surface area contributed by atoms with Crippen LogP contribution in [-0.2, 0) is 4.74 Å². The molecule has 5 nitrogen and oxygen atoms in total. The number of aromatic nitrogens is 2. The number of benzene rings is 2. The van der Waals surface area contributed by atoms with Crippen molar-refractivity contribution >= 4 is 16.9 Å². The molecule has 0 saturated carbocycles. The normalized spacial score (nSPS) is 10.7. The first-order valence-corrected chi connectivity index (χ1v) is 7.38. The number of ether oxygens (including phenoxy) is 1. The molecule has 0 fully saturated rings. The molecule has 0 aliphatic carbocycles. The molecular formula is C18H16N2O3. The maximum atomic E-state index is 12.6. The van der Waals surface area contributed by atoms with Gasteiger partial charge in [-0.05, 0) is 25.5 Å². The van der Waals surface area contributed by atoms with Crippen LogP contribution in [0.1, 0.15) is 12.5 Å². The Labute approximate surface area is 133 Å². The van der Waals surface area contributed by atoms with Crippen molar-refractivity contribution in [3.63, 3.8) is 0 Å². The topological polar surface area (TPSA) is 61.2 Å². The minimum atomic E-state index is -0.766. The lowest BCUT2D eigenvalue weighted by Crippen LogP contribution is -2.31. The van der Waals surface area contributed by atoms with E-state index in [1.165, 1.54) is 0 Å². The third-order valence-electron chi connectivity index (χ3n) is 3.62. The van der Waals surface area contributed by atoms with Crippen LogP contribution in [0.4, 0.5) is 4.79 Å². The Morgan fingerprint density at radius 1 is 1.13 bits per heavy atom. The van der Waals surface area contributed by atoms with Crippen LogP contribution in [-0.4, -0.2) is 22.5 Å². The van der Waals surface area contributed by atoms with E-state index in [0.29, 0.717) is 11.1 Å². The molecule has 0 aliphatic heterocycles. The van der Waals surface area contributed by atoms with Gasteiger partial charge in [-0.1, -0.05) is 42.5 Å². The third-order valence-corrected chi connectivity index (χ3v) is 3.62. The fourth-order valence-electron chi connectivity index (χ4n) is 2.58. The molecule has 0 amide bonds. The van der Waals surface area contributed by atoms with Crippen LogP contribution in [0.2, 0.25) is 0 Å². The molecule has 3 rings (SSSR count). The molecule has 0 spiro atoms. The molecule has 0 atom stereocenters. The van der Waals surface area contributed by atoms with E-state index in [1.54, 1.807) is 19.1 Å². The van der Waals surface area contributed by atoms with E-state index in [-0.39, 0.29) is 6.61 Å².